The summed E-state index contributed by atoms with van der Waals surface area (Å²) in [5, 5.41) is 6.85. The van der Waals surface area contributed by atoms with E-state index in [1.807, 2.05) is 0 Å². The van der Waals surface area contributed by atoms with Crippen LogP contribution < -0.4 is 10.6 Å². The molecule has 0 radical (unpaired) electrons. The normalized spacial score (nSPS) is 17.8. The highest BCUT2D eigenvalue weighted by atomic mass is 15.0. The lowest BCUT2D eigenvalue weighted by molar-refractivity contribution is 0.572. The number of hydrogen-bond acceptors (Lipinski definition) is 3. The summed E-state index contributed by atoms with van der Waals surface area (Å²) in [4.78, 5) is 4.73. The van der Waals surface area contributed by atoms with Crippen molar-refractivity contribution in [2.45, 2.75) is 19.3 Å². The molecule has 21 heavy (non-hydrogen) atoms. The maximum Gasteiger partial charge on any atom is 0.126 e. The van der Waals surface area contributed by atoms with Crippen LogP contribution in [0.15, 0.2) is 48.5 Å². The minimum absolute atomic E-state index is 0.747. The molecule has 1 aliphatic rings. The van der Waals surface area contributed by atoms with Crippen molar-refractivity contribution in [3.8, 4) is 0 Å². The van der Waals surface area contributed by atoms with E-state index in [1.165, 1.54) is 17.7 Å². The molecule has 3 nitrogen and oxygen atoms in total. The number of anilines is 1. The van der Waals surface area contributed by atoms with Crippen LogP contribution in [0.3, 0.4) is 0 Å². The minimum atomic E-state index is 0.747. The van der Waals surface area contributed by atoms with Crippen molar-refractivity contribution in [3.63, 3.8) is 0 Å². The van der Waals surface area contributed by atoms with E-state index >= 15 is 0 Å². The van der Waals surface area contributed by atoms with Crippen molar-refractivity contribution in [2.75, 3.05) is 25.0 Å². The zero-order valence-corrected chi connectivity index (χ0v) is 12.4. The van der Waals surface area contributed by atoms with Gasteiger partial charge in [-0.3, -0.25) is 0 Å². The molecule has 0 aliphatic carbocycles. The lowest BCUT2D eigenvalue weighted by Crippen LogP contribution is -2.12. The largest absolute Gasteiger partial charge is 0.370 e. The van der Waals surface area contributed by atoms with Gasteiger partial charge in [-0.25, -0.2) is 4.98 Å². The molecule has 0 spiro atoms. The van der Waals surface area contributed by atoms with E-state index in [0.717, 1.165) is 44.2 Å². The van der Waals surface area contributed by atoms with Crippen molar-refractivity contribution >= 4 is 5.82 Å². The first-order valence-corrected chi connectivity index (χ1v) is 7.84. The van der Waals surface area contributed by atoms with Gasteiger partial charge in [0.2, 0.25) is 0 Å². The molecule has 1 saturated heterocycles. The first-order valence-electron chi connectivity index (χ1n) is 7.84. The van der Waals surface area contributed by atoms with Crippen LogP contribution in [0.1, 0.15) is 17.7 Å². The molecule has 3 rings (SSSR count). The molecular formula is C18H23N3. The third kappa shape index (κ3) is 4.30. The van der Waals surface area contributed by atoms with Gasteiger partial charge in [0.15, 0.2) is 0 Å². The Hall–Kier alpha value is -1.87. The monoisotopic (exact) mass is 281 g/mol. The summed E-state index contributed by atoms with van der Waals surface area (Å²) in [6, 6.07) is 16.9. The Morgan fingerprint density at radius 1 is 1.10 bits per heavy atom. The number of nitrogens with one attached hydrogen (secondary N) is 2. The molecule has 1 aromatic carbocycles. The number of hydrogen-bond donors (Lipinski definition) is 2. The van der Waals surface area contributed by atoms with Gasteiger partial charge in [-0.15, -0.1) is 0 Å². The summed E-state index contributed by atoms with van der Waals surface area (Å²) in [6.45, 7) is 3.21. The smallest absolute Gasteiger partial charge is 0.126 e. The minimum Gasteiger partial charge on any atom is -0.370 e. The lowest BCUT2D eigenvalue weighted by atomic mass is 10.0. The molecule has 2 heterocycles. The summed E-state index contributed by atoms with van der Waals surface area (Å²) in [5.74, 6) is 1.74. The second-order valence-corrected chi connectivity index (χ2v) is 5.74. The molecule has 0 bridgehead atoms. The lowest BCUT2D eigenvalue weighted by Gasteiger charge is -2.10. The summed E-state index contributed by atoms with van der Waals surface area (Å²) < 4.78 is 0. The van der Waals surface area contributed by atoms with E-state index in [0.29, 0.717) is 0 Å². The second kappa shape index (κ2) is 7.23. The van der Waals surface area contributed by atoms with Gasteiger partial charge in [-0.2, -0.15) is 0 Å². The Morgan fingerprint density at radius 3 is 2.81 bits per heavy atom. The Kier molecular flexibility index (Phi) is 4.85. The molecule has 1 aromatic heterocycles. The van der Waals surface area contributed by atoms with Gasteiger partial charge in [0, 0.05) is 12.2 Å². The number of rotatable bonds is 6. The van der Waals surface area contributed by atoms with Crippen LogP contribution in [0, 0.1) is 5.92 Å². The van der Waals surface area contributed by atoms with Crippen molar-refractivity contribution in [1.82, 2.24) is 10.3 Å². The van der Waals surface area contributed by atoms with Gasteiger partial charge >= 0.3 is 0 Å². The maximum absolute atomic E-state index is 4.73. The molecule has 1 fully saturated rings. The van der Waals surface area contributed by atoms with Gasteiger partial charge in [0.25, 0.3) is 0 Å². The Labute approximate surface area is 126 Å². The SMILES string of the molecule is c1ccc(CCNc2cccc(CC3CCNC3)n2)cc1. The van der Waals surface area contributed by atoms with Gasteiger partial charge in [0.05, 0.1) is 0 Å². The fraction of sp³-hybridized carbons (Fsp3) is 0.389. The van der Waals surface area contributed by atoms with E-state index < -0.39 is 0 Å². The third-order valence-electron chi connectivity index (χ3n) is 4.03. The molecule has 110 valence electrons. The molecule has 1 aliphatic heterocycles. The van der Waals surface area contributed by atoms with Crippen LogP contribution in [0.25, 0.3) is 0 Å². The summed E-state index contributed by atoms with van der Waals surface area (Å²) in [6.07, 6.45) is 3.38. The van der Waals surface area contributed by atoms with E-state index in [4.69, 9.17) is 4.98 Å². The highest BCUT2D eigenvalue weighted by molar-refractivity contribution is 5.35. The zero-order chi connectivity index (χ0) is 14.3. The highest BCUT2D eigenvalue weighted by Crippen LogP contribution is 2.15. The third-order valence-corrected chi connectivity index (χ3v) is 4.03. The quantitative estimate of drug-likeness (QED) is 0.855. The molecule has 3 heteroatoms. The Balaban J connectivity index is 1.51. The fourth-order valence-corrected chi connectivity index (χ4v) is 2.86. The molecular weight excluding hydrogens is 258 g/mol. The van der Waals surface area contributed by atoms with Crippen LogP contribution in [-0.4, -0.2) is 24.6 Å². The maximum atomic E-state index is 4.73. The van der Waals surface area contributed by atoms with E-state index in [9.17, 15) is 0 Å². The predicted octanol–water partition coefficient (Wildman–Crippen LogP) is 2.89. The van der Waals surface area contributed by atoms with Crippen molar-refractivity contribution in [2.24, 2.45) is 5.92 Å². The van der Waals surface area contributed by atoms with Crippen molar-refractivity contribution in [1.29, 1.82) is 0 Å². The molecule has 0 saturated carbocycles. The summed E-state index contributed by atoms with van der Waals surface area (Å²) in [5.41, 5.74) is 2.56. The summed E-state index contributed by atoms with van der Waals surface area (Å²) in [7, 11) is 0. The standard InChI is InChI=1S/C18H23N3/c1-2-5-15(6-3-1)10-12-20-18-8-4-7-17(21-18)13-16-9-11-19-14-16/h1-8,16,19H,9-14H2,(H,20,21). The average Bonchev–Trinajstić information content (AvgIpc) is 3.02. The molecule has 2 aromatic rings. The van der Waals surface area contributed by atoms with Crippen LogP contribution in [0.4, 0.5) is 5.82 Å². The first-order chi connectivity index (χ1) is 10.4. The van der Waals surface area contributed by atoms with Crippen molar-refractivity contribution in [3.05, 3.63) is 59.8 Å². The van der Waals surface area contributed by atoms with Crippen molar-refractivity contribution < 1.29 is 0 Å². The number of benzene rings is 1. The average molecular weight is 281 g/mol. The number of nitrogens with zero attached hydrogens (tertiary/aromatic N) is 1. The molecule has 1 unspecified atom stereocenters. The highest BCUT2D eigenvalue weighted by Gasteiger charge is 2.15. The number of aromatic nitrogens is 1. The topological polar surface area (TPSA) is 37.0 Å². The summed E-state index contributed by atoms with van der Waals surface area (Å²) >= 11 is 0. The van der Waals surface area contributed by atoms with E-state index in [1.54, 1.807) is 0 Å². The van der Waals surface area contributed by atoms with Gasteiger partial charge in [-0.1, -0.05) is 36.4 Å². The van der Waals surface area contributed by atoms with Gasteiger partial charge in [-0.05, 0) is 56.0 Å². The Morgan fingerprint density at radius 2 is 2.00 bits per heavy atom. The van der Waals surface area contributed by atoms with Crippen LogP contribution >= 0.6 is 0 Å². The van der Waals surface area contributed by atoms with E-state index in [-0.39, 0.29) is 0 Å². The van der Waals surface area contributed by atoms with E-state index in [2.05, 4.69) is 59.2 Å². The second-order valence-electron chi connectivity index (χ2n) is 5.74. The first kappa shape index (κ1) is 14.1. The van der Waals surface area contributed by atoms with Crippen LogP contribution in [0.2, 0.25) is 0 Å². The number of pyridine rings is 1. The van der Waals surface area contributed by atoms with Crippen LogP contribution in [0.5, 0.6) is 0 Å². The zero-order valence-electron chi connectivity index (χ0n) is 12.4. The Bertz CT molecular complexity index is 547. The molecule has 0 amide bonds. The molecule has 2 N–H and O–H groups in total. The predicted molar refractivity (Wildman–Crippen MR) is 87.6 cm³/mol. The van der Waals surface area contributed by atoms with Gasteiger partial charge < -0.3 is 10.6 Å². The van der Waals surface area contributed by atoms with Crippen LogP contribution in [-0.2, 0) is 12.8 Å². The molecule has 1 atom stereocenters. The van der Waals surface area contributed by atoms with Gasteiger partial charge in [0.1, 0.15) is 5.82 Å². The fourth-order valence-electron chi connectivity index (χ4n) is 2.86.